The van der Waals surface area contributed by atoms with Crippen LogP contribution in [0, 0.1) is 17.8 Å². The Morgan fingerprint density at radius 3 is 1.83 bits per heavy atom. The maximum atomic E-state index is 13.8. The lowest BCUT2D eigenvalue weighted by molar-refractivity contribution is -0.143. The van der Waals surface area contributed by atoms with Crippen LogP contribution in [-0.4, -0.2) is 124 Å². The maximum absolute atomic E-state index is 13.8. The number of hydrogen-bond donors (Lipinski definition) is 12. The van der Waals surface area contributed by atoms with Crippen molar-refractivity contribution in [2.75, 3.05) is 13.1 Å². The summed E-state index contributed by atoms with van der Waals surface area (Å²) >= 11 is 0. The predicted octanol–water partition coefficient (Wildman–Crippen LogP) is -0.481. The van der Waals surface area contributed by atoms with Crippen molar-refractivity contribution < 1.29 is 53.4 Å². The first-order valence-electron chi connectivity index (χ1n) is 21.6. The Labute approximate surface area is 373 Å². The van der Waals surface area contributed by atoms with E-state index in [4.69, 9.17) is 11.5 Å². The molecule has 7 amide bonds. The lowest BCUT2D eigenvalue weighted by atomic mass is 9.99. The van der Waals surface area contributed by atoms with Gasteiger partial charge in [-0.25, -0.2) is 4.79 Å². The molecule has 7 atom stereocenters. The Balaban J connectivity index is 2.11. The summed E-state index contributed by atoms with van der Waals surface area (Å²) in [6.45, 7) is 11.2. The van der Waals surface area contributed by atoms with Crippen molar-refractivity contribution in [2.24, 2.45) is 29.2 Å². The Kier molecular flexibility index (Phi) is 22.4. The fraction of sp³-hybridized carbons (Fsp3) is 0.605. The molecule has 1 aromatic heterocycles. The van der Waals surface area contributed by atoms with Gasteiger partial charge in [0.25, 0.3) is 0 Å². The molecule has 0 aliphatic carbocycles. The minimum Gasteiger partial charge on any atom is -0.481 e. The number of nitrogens with two attached hydrogens (primary N) is 2. The fourth-order valence-corrected chi connectivity index (χ4v) is 6.67. The van der Waals surface area contributed by atoms with Crippen LogP contribution in [0.2, 0.25) is 0 Å². The summed E-state index contributed by atoms with van der Waals surface area (Å²) in [6.07, 6.45) is 2.06. The topological polar surface area (TPSA) is 346 Å². The normalized spacial score (nSPS) is 14.6. The van der Waals surface area contributed by atoms with Crippen molar-refractivity contribution in [2.45, 2.75) is 136 Å². The highest BCUT2D eigenvalue weighted by molar-refractivity contribution is 5.97. The average molecular weight is 901 g/mol. The van der Waals surface area contributed by atoms with Gasteiger partial charge in [-0.2, -0.15) is 0 Å². The second-order valence-electron chi connectivity index (χ2n) is 17.0. The summed E-state index contributed by atoms with van der Waals surface area (Å²) in [5.41, 5.74) is 13.5. The number of aromatic amines is 1. The van der Waals surface area contributed by atoms with Crippen molar-refractivity contribution in [1.29, 1.82) is 0 Å². The van der Waals surface area contributed by atoms with Crippen LogP contribution in [0.15, 0.2) is 30.5 Å². The van der Waals surface area contributed by atoms with Gasteiger partial charge in [-0.15, -0.1) is 0 Å². The number of aliphatic carboxylic acids is 2. The van der Waals surface area contributed by atoms with E-state index in [9.17, 15) is 53.4 Å². The molecule has 0 aliphatic rings. The molecule has 1 aromatic carbocycles. The first-order chi connectivity index (χ1) is 30.0. The molecule has 0 fully saturated rings. The van der Waals surface area contributed by atoms with Gasteiger partial charge in [0.1, 0.15) is 36.3 Å². The van der Waals surface area contributed by atoms with E-state index in [1.807, 2.05) is 24.3 Å². The number of para-hydroxylation sites is 1. The van der Waals surface area contributed by atoms with Crippen LogP contribution < -0.4 is 48.7 Å². The summed E-state index contributed by atoms with van der Waals surface area (Å²) in [6, 6.07) is -0.990. The number of carbonyl (C=O) groups is 9. The van der Waals surface area contributed by atoms with Gasteiger partial charge in [0.2, 0.25) is 41.4 Å². The molecule has 0 saturated heterocycles. The van der Waals surface area contributed by atoms with Crippen molar-refractivity contribution >= 4 is 64.2 Å². The Morgan fingerprint density at radius 2 is 1.23 bits per heavy atom. The Morgan fingerprint density at radius 1 is 0.656 bits per heavy atom. The second-order valence-corrected chi connectivity index (χ2v) is 17.0. The summed E-state index contributed by atoms with van der Waals surface area (Å²) in [5, 5.41) is 37.6. The first kappa shape index (κ1) is 54.0. The number of amides is 7. The molecular formula is C43H68N10O11. The monoisotopic (exact) mass is 901 g/mol. The zero-order chi connectivity index (χ0) is 48.3. The van der Waals surface area contributed by atoms with Gasteiger partial charge >= 0.3 is 11.9 Å². The molecule has 21 heteroatoms. The van der Waals surface area contributed by atoms with E-state index >= 15 is 0 Å². The molecule has 0 aliphatic heterocycles. The van der Waals surface area contributed by atoms with Crippen LogP contribution in [0.4, 0.5) is 0 Å². The lowest BCUT2D eigenvalue weighted by Gasteiger charge is -2.29. The van der Waals surface area contributed by atoms with Crippen LogP contribution in [0.25, 0.3) is 10.9 Å². The second kappa shape index (κ2) is 26.5. The van der Waals surface area contributed by atoms with Crippen molar-refractivity contribution in [3.8, 4) is 0 Å². The summed E-state index contributed by atoms with van der Waals surface area (Å²) in [7, 11) is 0. The molecule has 356 valence electrons. The third kappa shape index (κ3) is 17.9. The van der Waals surface area contributed by atoms with Crippen LogP contribution in [0.1, 0.15) is 92.6 Å². The van der Waals surface area contributed by atoms with Crippen LogP contribution in [0.3, 0.4) is 0 Å². The van der Waals surface area contributed by atoms with E-state index in [0.29, 0.717) is 12.8 Å². The Bertz CT molecular complexity index is 1930. The number of unbranched alkanes of at least 4 members (excludes halogenated alkanes) is 1. The zero-order valence-corrected chi connectivity index (χ0v) is 37.7. The standard InChI is InChI=1S/C43H68N10O11/c1-22(2)18-32(49-33(54)21-47-37(57)25(7)48-38(58)28(45)19-26-20-46-29-13-9-8-12-27(26)29)41(61)52-35(23(3)4)42(62)51-31(15-16-34(55)56)39(59)50-30(14-10-11-17-44)40(60)53-36(24(5)6)43(63)64/h8-9,12-13,20,22-25,28,30-32,35-36,46H,10-11,14-19,21,44-45H2,1-7H3,(H,47,57)(H,48,58)(H,49,54)(H,50,59)(H,51,62)(H,52,61)(H,53,60)(H,55,56)(H,63,64)/t25-,28-,30-,31-,32-,35-,36-/m0/s1. The molecule has 0 spiro atoms. The number of nitrogens with one attached hydrogen (secondary N) is 8. The van der Waals surface area contributed by atoms with Crippen molar-refractivity contribution in [1.82, 2.24) is 42.2 Å². The highest BCUT2D eigenvalue weighted by atomic mass is 16.4. The SMILES string of the molecule is CC(C)C[C@H](NC(=O)CNC(=O)[C@H](C)NC(=O)[C@@H](N)Cc1c[nH]c2ccccc12)C(=O)N[C@H](C(=O)N[C@@H](CCC(=O)O)C(=O)N[C@@H](CCCCN)C(=O)N[C@H](C(=O)O)C(C)C)C(C)C. The number of hydrogen-bond acceptors (Lipinski definition) is 11. The van der Waals surface area contributed by atoms with E-state index in [1.165, 1.54) is 6.92 Å². The predicted molar refractivity (Wildman–Crippen MR) is 237 cm³/mol. The van der Waals surface area contributed by atoms with Crippen LogP contribution in [0.5, 0.6) is 0 Å². The average Bonchev–Trinajstić information content (AvgIpc) is 3.63. The third-order valence-electron chi connectivity index (χ3n) is 10.3. The Hall–Kier alpha value is -6.09. The number of H-pyrrole nitrogens is 1. The maximum Gasteiger partial charge on any atom is 0.326 e. The van der Waals surface area contributed by atoms with Crippen LogP contribution in [-0.2, 0) is 49.6 Å². The number of carboxylic acid groups (broad SMARTS) is 2. The van der Waals surface area contributed by atoms with E-state index in [-0.39, 0.29) is 31.7 Å². The molecule has 0 saturated carbocycles. The number of carboxylic acids is 2. The molecule has 14 N–H and O–H groups in total. The minimum atomic E-state index is -1.50. The fourth-order valence-electron chi connectivity index (χ4n) is 6.67. The van der Waals surface area contributed by atoms with E-state index < -0.39 is 127 Å². The molecule has 1 heterocycles. The number of aromatic nitrogens is 1. The van der Waals surface area contributed by atoms with Crippen molar-refractivity contribution in [3.05, 3.63) is 36.0 Å². The number of carbonyl (C=O) groups excluding carboxylic acids is 7. The van der Waals surface area contributed by atoms with Gasteiger partial charge in [0, 0.05) is 23.5 Å². The van der Waals surface area contributed by atoms with E-state index in [0.717, 1.165) is 16.5 Å². The summed E-state index contributed by atoms with van der Waals surface area (Å²) in [4.78, 5) is 120. The molecule has 64 heavy (non-hydrogen) atoms. The number of benzene rings is 1. The molecule has 21 nitrogen and oxygen atoms in total. The van der Waals surface area contributed by atoms with Crippen LogP contribution >= 0.6 is 0 Å². The van der Waals surface area contributed by atoms with Gasteiger partial charge in [-0.3, -0.25) is 38.4 Å². The highest BCUT2D eigenvalue weighted by Gasteiger charge is 2.34. The van der Waals surface area contributed by atoms with E-state index in [2.05, 4.69) is 42.2 Å². The zero-order valence-electron chi connectivity index (χ0n) is 37.7. The third-order valence-corrected chi connectivity index (χ3v) is 10.3. The molecule has 0 unspecified atom stereocenters. The molecule has 2 aromatic rings. The van der Waals surface area contributed by atoms with Crippen molar-refractivity contribution in [3.63, 3.8) is 0 Å². The summed E-state index contributed by atoms with van der Waals surface area (Å²) in [5.74, 6) is -9.10. The first-order valence-corrected chi connectivity index (χ1v) is 21.6. The molecule has 2 rings (SSSR count). The van der Waals surface area contributed by atoms with Gasteiger partial charge in [0.05, 0.1) is 12.6 Å². The summed E-state index contributed by atoms with van der Waals surface area (Å²) < 4.78 is 0. The quantitative estimate of drug-likeness (QED) is 0.0481. The lowest BCUT2D eigenvalue weighted by Crippen LogP contribution is -2.60. The number of rotatable bonds is 28. The van der Waals surface area contributed by atoms with E-state index in [1.54, 1.807) is 47.7 Å². The van der Waals surface area contributed by atoms with Gasteiger partial charge in [0.15, 0.2) is 0 Å². The van der Waals surface area contributed by atoms with Gasteiger partial charge in [-0.05, 0) is 81.4 Å². The smallest absolute Gasteiger partial charge is 0.326 e. The number of fused-ring (bicyclic) bond motifs is 1. The van der Waals surface area contributed by atoms with Gasteiger partial charge < -0.3 is 63.9 Å². The molecular weight excluding hydrogens is 833 g/mol. The molecule has 0 radical (unpaired) electrons. The van der Waals surface area contributed by atoms with Gasteiger partial charge in [-0.1, -0.05) is 59.7 Å². The highest BCUT2D eigenvalue weighted by Crippen LogP contribution is 2.19. The largest absolute Gasteiger partial charge is 0.481 e. The molecule has 0 bridgehead atoms. The minimum absolute atomic E-state index is 0.0630.